The molecule has 0 radical (unpaired) electrons. The number of benzene rings is 2. The number of likely N-dealkylation sites (tertiary alicyclic amines) is 1. The maximum Gasteiger partial charge on any atom is 0.320 e. The molecule has 1 heterocycles. The molecule has 0 aliphatic carbocycles. The van der Waals surface area contributed by atoms with Crippen molar-refractivity contribution in [1.82, 2.24) is 4.90 Å². The summed E-state index contributed by atoms with van der Waals surface area (Å²) in [6.07, 6.45) is 1.46. The van der Waals surface area contributed by atoms with Gasteiger partial charge in [-0.3, -0.25) is 9.69 Å². The Hall–Kier alpha value is -1.91. The van der Waals surface area contributed by atoms with Gasteiger partial charge in [0.2, 0.25) is 0 Å². The molecule has 120 valence electrons. The molecule has 2 unspecified atom stereocenters. The van der Waals surface area contributed by atoms with Crippen molar-refractivity contribution in [2.45, 2.75) is 24.9 Å². The third-order valence-corrected chi connectivity index (χ3v) is 4.53. The molecule has 1 saturated heterocycles. The fourth-order valence-electron chi connectivity index (χ4n) is 3.23. The van der Waals surface area contributed by atoms with Gasteiger partial charge in [-0.2, -0.15) is 0 Å². The standard InChI is InChI=1S/C18H17ClFNO2/c19-14-7-3-12(4-8-14)17(13-5-9-15(20)10-6-13)21-11-1-2-16(21)18(22)23/h3-10,16-17H,1-2,11H2,(H,22,23). The first-order valence-corrected chi connectivity index (χ1v) is 7.93. The van der Waals surface area contributed by atoms with E-state index >= 15 is 0 Å². The van der Waals surface area contributed by atoms with E-state index in [2.05, 4.69) is 0 Å². The fraction of sp³-hybridized carbons (Fsp3) is 0.278. The van der Waals surface area contributed by atoms with Crippen molar-refractivity contribution in [2.24, 2.45) is 0 Å². The Labute approximate surface area is 139 Å². The van der Waals surface area contributed by atoms with Gasteiger partial charge in [-0.15, -0.1) is 0 Å². The van der Waals surface area contributed by atoms with E-state index in [4.69, 9.17) is 11.6 Å². The van der Waals surface area contributed by atoms with Crippen LogP contribution in [0.2, 0.25) is 5.02 Å². The summed E-state index contributed by atoms with van der Waals surface area (Å²) in [7, 11) is 0. The van der Waals surface area contributed by atoms with Crippen LogP contribution < -0.4 is 0 Å². The number of carbonyl (C=O) groups is 1. The van der Waals surface area contributed by atoms with Crippen molar-refractivity contribution in [3.05, 3.63) is 70.5 Å². The number of carboxylic acids is 1. The van der Waals surface area contributed by atoms with E-state index in [1.165, 1.54) is 12.1 Å². The molecule has 3 rings (SSSR count). The highest BCUT2D eigenvalue weighted by Crippen LogP contribution is 2.35. The lowest BCUT2D eigenvalue weighted by Crippen LogP contribution is -2.39. The van der Waals surface area contributed by atoms with Gasteiger partial charge in [-0.25, -0.2) is 4.39 Å². The second-order valence-electron chi connectivity index (χ2n) is 5.74. The second-order valence-corrected chi connectivity index (χ2v) is 6.18. The maximum atomic E-state index is 13.3. The molecule has 0 aromatic heterocycles. The van der Waals surface area contributed by atoms with Crippen molar-refractivity contribution in [3.63, 3.8) is 0 Å². The van der Waals surface area contributed by atoms with E-state index in [1.807, 2.05) is 17.0 Å². The Balaban J connectivity index is 2.04. The number of halogens is 2. The number of hydrogen-bond acceptors (Lipinski definition) is 2. The number of carboxylic acid groups (broad SMARTS) is 1. The van der Waals surface area contributed by atoms with Crippen molar-refractivity contribution in [2.75, 3.05) is 6.54 Å². The fourth-order valence-corrected chi connectivity index (χ4v) is 3.35. The molecular weight excluding hydrogens is 317 g/mol. The summed E-state index contributed by atoms with van der Waals surface area (Å²) in [6.45, 7) is 0.696. The summed E-state index contributed by atoms with van der Waals surface area (Å²) in [5.74, 6) is -1.12. The van der Waals surface area contributed by atoms with Crippen molar-refractivity contribution >= 4 is 17.6 Å². The maximum absolute atomic E-state index is 13.3. The normalized spacial score (nSPS) is 19.7. The van der Waals surface area contributed by atoms with Crippen LogP contribution >= 0.6 is 11.6 Å². The molecule has 1 fully saturated rings. The Kier molecular flexibility index (Phi) is 4.64. The van der Waals surface area contributed by atoms with Crippen LogP contribution in [0.3, 0.4) is 0 Å². The third-order valence-electron chi connectivity index (χ3n) is 4.28. The molecule has 2 atom stereocenters. The molecule has 3 nitrogen and oxygen atoms in total. The highest BCUT2D eigenvalue weighted by atomic mass is 35.5. The lowest BCUT2D eigenvalue weighted by atomic mass is 9.96. The third kappa shape index (κ3) is 3.38. The summed E-state index contributed by atoms with van der Waals surface area (Å²) in [6, 6.07) is 12.9. The minimum atomic E-state index is -0.816. The summed E-state index contributed by atoms with van der Waals surface area (Å²) in [5, 5.41) is 10.1. The summed E-state index contributed by atoms with van der Waals surface area (Å²) in [5.41, 5.74) is 1.83. The van der Waals surface area contributed by atoms with Gasteiger partial charge in [0.25, 0.3) is 0 Å². The quantitative estimate of drug-likeness (QED) is 0.915. The van der Waals surface area contributed by atoms with Crippen LogP contribution in [0.4, 0.5) is 4.39 Å². The smallest absolute Gasteiger partial charge is 0.320 e. The number of aliphatic carboxylic acids is 1. The first-order valence-electron chi connectivity index (χ1n) is 7.56. The van der Waals surface area contributed by atoms with Gasteiger partial charge in [0.1, 0.15) is 11.9 Å². The molecule has 1 N–H and O–H groups in total. The lowest BCUT2D eigenvalue weighted by Gasteiger charge is -2.32. The van der Waals surface area contributed by atoms with E-state index < -0.39 is 12.0 Å². The molecule has 5 heteroatoms. The Bertz CT molecular complexity index is 642. The number of nitrogens with zero attached hydrogens (tertiary/aromatic N) is 1. The predicted octanol–water partition coefficient (Wildman–Crippen LogP) is 4.12. The van der Waals surface area contributed by atoms with Crippen LogP contribution in [-0.2, 0) is 4.79 Å². The molecule has 2 aromatic rings. The molecule has 1 aliphatic heterocycles. The van der Waals surface area contributed by atoms with Crippen molar-refractivity contribution < 1.29 is 14.3 Å². The van der Waals surface area contributed by atoms with Gasteiger partial charge in [-0.05, 0) is 48.2 Å². The average molecular weight is 334 g/mol. The molecule has 0 bridgehead atoms. The highest BCUT2D eigenvalue weighted by molar-refractivity contribution is 6.30. The molecule has 0 spiro atoms. The Morgan fingerprint density at radius 1 is 1.13 bits per heavy atom. The van der Waals surface area contributed by atoms with Crippen molar-refractivity contribution in [1.29, 1.82) is 0 Å². The average Bonchev–Trinajstić information content (AvgIpc) is 3.01. The van der Waals surface area contributed by atoms with E-state index in [0.717, 1.165) is 17.5 Å². The largest absolute Gasteiger partial charge is 0.480 e. The monoisotopic (exact) mass is 333 g/mol. The van der Waals surface area contributed by atoms with Gasteiger partial charge in [0.05, 0.1) is 6.04 Å². The first kappa shape index (κ1) is 16.0. The van der Waals surface area contributed by atoms with Gasteiger partial charge in [0, 0.05) is 11.6 Å². The van der Waals surface area contributed by atoms with Gasteiger partial charge in [-0.1, -0.05) is 35.9 Å². The van der Waals surface area contributed by atoms with Crippen LogP contribution in [-0.4, -0.2) is 28.6 Å². The summed E-state index contributed by atoms with van der Waals surface area (Å²) < 4.78 is 13.3. The second kappa shape index (κ2) is 6.69. The topological polar surface area (TPSA) is 40.5 Å². The van der Waals surface area contributed by atoms with Gasteiger partial charge >= 0.3 is 5.97 Å². The number of rotatable bonds is 4. The minimum Gasteiger partial charge on any atom is -0.480 e. The summed E-state index contributed by atoms with van der Waals surface area (Å²) in [4.78, 5) is 13.5. The van der Waals surface area contributed by atoms with Crippen LogP contribution in [0.15, 0.2) is 48.5 Å². The molecule has 1 aliphatic rings. The van der Waals surface area contributed by atoms with Crippen LogP contribution in [0.1, 0.15) is 30.0 Å². The molecule has 0 saturated carbocycles. The van der Waals surface area contributed by atoms with Gasteiger partial charge < -0.3 is 5.11 Å². The summed E-state index contributed by atoms with van der Waals surface area (Å²) >= 11 is 5.96. The van der Waals surface area contributed by atoms with E-state index in [-0.39, 0.29) is 11.9 Å². The van der Waals surface area contributed by atoms with Crippen LogP contribution in [0.25, 0.3) is 0 Å². The molecular formula is C18H17ClFNO2. The molecule has 0 amide bonds. The minimum absolute atomic E-state index is 0.225. The Morgan fingerprint density at radius 3 is 2.26 bits per heavy atom. The van der Waals surface area contributed by atoms with Crippen LogP contribution in [0, 0.1) is 5.82 Å². The SMILES string of the molecule is O=C(O)C1CCCN1C(c1ccc(F)cc1)c1ccc(Cl)cc1. The molecule has 23 heavy (non-hydrogen) atoms. The lowest BCUT2D eigenvalue weighted by molar-refractivity contribution is -0.142. The zero-order chi connectivity index (χ0) is 16.4. The van der Waals surface area contributed by atoms with Crippen LogP contribution in [0.5, 0.6) is 0 Å². The van der Waals surface area contributed by atoms with E-state index in [0.29, 0.717) is 18.0 Å². The predicted molar refractivity (Wildman–Crippen MR) is 87.1 cm³/mol. The zero-order valence-electron chi connectivity index (χ0n) is 12.5. The van der Waals surface area contributed by atoms with Crippen molar-refractivity contribution in [3.8, 4) is 0 Å². The van der Waals surface area contributed by atoms with Gasteiger partial charge in [0.15, 0.2) is 0 Å². The first-order chi connectivity index (χ1) is 11.1. The Morgan fingerprint density at radius 2 is 1.70 bits per heavy atom. The van der Waals surface area contributed by atoms with E-state index in [9.17, 15) is 14.3 Å². The zero-order valence-corrected chi connectivity index (χ0v) is 13.2. The van der Waals surface area contributed by atoms with E-state index in [1.54, 1.807) is 24.3 Å². The highest BCUT2D eigenvalue weighted by Gasteiger charge is 2.36. The number of hydrogen-bond donors (Lipinski definition) is 1. The molecule has 2 aromatic carbocycles.